The fraction of sp³-hybridized carbons (Fsp3) is 0.382. The summed E-state index contributed by atoms with van der Waals surface area (Å²) in [5.74, 6) is 0.876. The summed E-state index contributed by atoms with van der Waals surface area (Å²) in [6.07, 6.45) is 5.68. The van der Waals surface area contributed by atoms with Crippen LogP contribution in [0.2, 0.25) is 5.02 Å². The van der Waals surface area contributed by atoms with Crippen molar-refractivity contribution in [2.45, 2.75) is 51.1 Å². The Bertz CT molecular complexity index is 1360. The van der Waals surface area contributed by atoms with Crippen LogP contribution in [0.5, 0.6) is 5.75 Å². The molecule has 0 spiro atoms. The number of piperazine rings is 1. The zero-order valence-corrected chi connectivity index (χ0v) is 24.6. The van der Waals surface area contributed by atoms with E-state index in [1.165, 1.54) is 27.8 Å². The minimum absolute atomic E-state index is 0.00300. The molecule has 2 aliphatic heterocycles. The van der Waals surface area contributed by atoms with Crippen LogP contribution in [0.15, 0.2) is 78.4 Å². The number of hydrogen-bond acceptors (Lipinski definition) is 4. The van der Waals surface area contributed by atoms with Gasteiger partial charge in [-0.25, -0.2) is 0 Å². The second-order valence-corrected chi connectivity index (χ2v) is 11.7. The molecule has 1 amide bonds. The van der Waals surface area contributed by atoms with E-state index in [0.717, 1.165) is 50.1 Å². The molecule has 2 bridgehead atoms. The summed E-state index contributed by atoms with van der Waals surface area (Å²) in [6.45, 7) is 7.06. The summed E-state index contributed by atoms with van der Waals surface area (Å²) in [6, 6.07) is 23.2. The van der Waals surface area contributed by atoms with Crippen molar-refractivity contribution in [1.29, 1.82) is 0 Å². The summed E-state index contributed by atoms with van der Waals surface area (Å²) in [5.41, 5.74) is 6.83. The number of carbonyl (C=O) groups excluding carboxylic acids is 1. The van der Waals surface area contributed by atoms with Gasteiger partial charge in [-0.15, -0.1) is 0 Å². The van der Waals surface area contributed by atoms with Gasteiger partial charge in [0.1, 0.15) is 5.75 Å². The number of benzene rings is 3. The Morgan fingerprint density at radius 2 is 1.75 bits per heavy atom. The van der Waals surface area contributed by atoms with Gasteiger partial charge in [0.05, 0.1) is 23.2 Å². The van der Waals surface area contributed by atoms with Gasteiger partial charge in [-0.3, -0.25) is 10.1 Å². The van der Waals surface area contributed by atoms with E-state index >= 15 is 0 Å². The van der Waals surface area contributed by atoms with Gasteiger partial charge in [0.15, 0.2) is 0 Å². The van der Waals surface area contributed by atoms with Gasteiger partial charge in [-0.05, 0) is 79.5 Å². The number of nitrogens with one attached hydrogen (secondary N) is 2. The van der Waals surface area contributed by atoms with Gasteiger partial charge < -0.3 is 15.0 Å². The third-order valence-electron chi connectivity index (χ3n) is 8.37. The first-order chi connectivity index (χ1) is 19.3. The van der Waals surface area contributed by atoms with E-state index in [1.54, 1.807) is 0 Å². The average molecular weight is 558 g/mol. The van der Waals surface area contributed by atoms with Crippen LogP contribution < -0.4 is 15.4 Å². The van der Waals surface area contributed by atoms with E-state index in [4.69, 9.17) is 16.3 Å². The van der Waals surface area contributed by atoms with Crippen LogP contribution >= 0.6 is 11.6 Å². The van der Waals surface area contributed by atoms with Crippen molar-refractivity contribution < 1.29 is 9.53 Å². The number of nitrogens with zero attached hydrogens (tertiary/aromatic N) is 1. The molecule has 40 heavy (non-hydrogen) atoms. The highest BCUT2D eigenvalue weighted by atomic mass is 35.5. The zero-order valence-electron chi connectivity index (χ0n) is 23.8. The Balaban J connectivity index is 1.16. The van der Waals surface area contributed by atoms with E-state index in [-0.39, 0.29) is 17.5 Å². The van der Waals surface area contributed by atoms with Crippen molar-refractivity contribution >= 4 is 17.5 Å². The number of likely N-dealkylation sites (N-methyl/N-ethyl adjacent to an activating group) is 1. The highest BCUT2D eigenvalue weighted by molar-refractivity contribution is 6.32. The maximum atomic E-state index is 13.3. The van der Waals surface area contributed by atoms with Crippen molar-refractivity contribution in [2.75, 3.05) is 33.3 Å². The van der Waals surface area contributed by atoms with Crippen molar-refractivity contribution in [3.63, 3.8) is 0 Å². The molecule has 210 valence electrons. The largest absolute Gasteiger partial charge is 0.492 e. The number of amides is 1. The lowest BCUT2D eigenvalue weighted by molar-refractivity contribution is -0.126. The van der Waals surface area contributed by atoms with Crippen LogP contribution in [-0.4, -0.2) is 50.1 Å². The molecule has 2 atom stereocenters. The molecule has 3 aromatic carbocycles. The molecule has 0 saturated carbocycles. The molecule has 0 radical (unpaired) electrons. The number of carbonyl (C=O) groups is 1. The SMILES string of the molecule is Cc1cc(Cl)c(OCCCc2ccc(C34CC=C(C(=O)N(C)CCc5ccccc5)C(CNC3)N4)cc2)cc1C. The Hall–Kier alpha value is -3.12. The molecule has 3 aromatic rings. The van der Waals surface area contributed by atoms with Gasteiger partial charge in [-0.2, -0.15) is 0 Å². The summed E-state index contributed by atoms with van der Waals surface area (Å²) in [4.78, 5) is 15.2. The van der Waals surface area contributed by atoms with Crippen molar-refractivity contribution in [1.82, 2.24) is 15.5 Å². The maximum Gasteiger partial charge on any atom is 0.250 e. The molecule has 2 unspecified atom stereocenters. The quantitative estimate of drug-likeness (QED) is 0.311. The van der Waals surface area contributed by atoms with Crippen LogP contribution in [0.1, 0.15) is 40.7 Å². The minimum Gasteiger partial charge on any atom is -0.492 e. The Labute approximate surface area is 243 Å². The number of halogens is 1. The van der Waals surface area contributed by atoms with Crippen LogP contribution in [-0.2, 0) is 23.2 Å². The molecule has 2 aliphatic rings. The van der Waals surface area contributed by atoms with Crippen LogP contribution in [0.4, 0.5) is 0 Å². The van der Waals surface area contributed by atoms with Crippen molar-refractivity contribution in [2.24, 2.45) is 0 Å². The summed E-state index contributed by atoms with van der Waals surface area (Å²) < 4.78 is 5.96. The van der Waals surface area contributed by atoms with Gasteiger partial charge in [0, 0.05) is 32.3 Å². The smallest absolute Gasteiger partial charge is 0.250 e. The molecule has 1 fully saturated rings. The fourth-order valence-electron chi connectivity index (χ4n) is 5.73. The first kappa shape index (κ1) is 28.4. The lowest BCUT2D eigenvalue weighted by Crippen LogP contribution is -2.65. The van der Waals surface area contributed by atoms with Gasteiger partial charge >= 0.3 is 0 Å². The normalized spacial score (nSPS) is 20.1. The number of aryl methyl sites for hydroxylation is 3. The molecule has 2 N–H and O–H groups in total. The third kappa shape index (κ3) is 6.43. The molecule has 2 heterocycles. The van der Waals surface area contributed by atoms with Gasteiger partial charge in [0.2, 0.25) is 0 Å². The standard InChI is InChI=1S/C34H40ClN3O2/c1-24-20-30(35)32(21-25(24)2)40-19-7-10-27-11-13-28(14-12-27)34-17-15-29(31(37-34)22-36-23-34)33(39)38(3)18-16-26-8-5-4-6-9-26/h4-6,8-9,11-15,20-21,31,36-37H,7,10,16-19,22-23H2,1-3H3. The van der Waals surface area contributed by atoms with Crippen LogP contribution in [0, 0.1) is 13.8 Å². The Kier molecular flexibility index (Phi) is 8.94. The number of hydrogen-bond donors (Lipinski definition) is 2. The molecule has 5 rings (SSSR count). The second kappa shape index (κ2) is 12.6. The summed E-state index contributed by atoms with van der Waals surface area (Å²) in [7, 11) is 1.91. The van der Waals surface area contributed by atoms with E-state index in [0.29, 0.717) is 18.2 Å². The first-order valence-electron chi connectivity index (χ1n) is 14.3. The predicted octanol–water partition coefficient (Wildman–Crippen LogP) is 5.76. The molecule has 1 saturated heterocycles. The van der Waals surface area contributed by atoms with E-state index in [9.17, 15) is 4.79 Å². The van der Waals surface area contributed by atoms with E-state index in [2.05, 4.69) is 67.0 Å². The number of rotatable bonds is 10. The number of fused-ring (bicyclic) bond motifs is 2. The Morgan fingerprint density at radius 1 is 1.02 bits per heavy atom. The molecule has 5 nitrogen and oxygen atoms in total. The molecule has 0 aliphatic carbocycles. The highest BCUT2D eigenvalue weighted by Crippen LogP contribution is 2.34. The Morgan fingerprint density at radius 3 is 2.52 bits per heavy atom. The molecule has 6 heteroatoms. The van der Waals surface area contributed by atoms with Gasteiger partial charge in [0.25, 0.3) is 5.91 Å². The second-order valence-electron chi connectivity index (χ2n) is 11.3. The maximum absolute atomic E-state index is 13.3. The van der Waals surface area contributed by atoms with Crippen LogP contribution in [0.25, 0.3) is 0 Å². The molecular formula is C34H40ClN3O2. The van der Waals surface area contributed by atoms with Crippen molar-refractivity contribution in [3.8, 4) is 5.75 Å². The van der Waals surface area contributed by atoms with Crippen molar-refractivity contribution in [3.05, 3.63) is 111 Å². The highest BCUT2D eigenvalue weighted by Gasteiger charge is 2.42. The monoisotopic (exact) mass is 557 g/mol. The third-order valence-corrected chi connectivity index (χ3v) is 8.66. The minimum atomic E-state index is -0.197. The summed E-state index contributed by atoms with van der Waals surface area (Å²) in [5, 5.41) is 8.10. The number of ether oxygens (including phenoxy) is 1. The average Bonchev–Trinajstić information content (AvgIpc) is 2.97. The first-order valence-corrected chi connectivity index (χ1v) is 14.7. The summed E-state index contributed by atoms with van der Waals surface area (Å²) >= 11 is 6.35. The molecular weight excluding hydrogens is 518 g/mol. The topological polar surface area (TPSA) is 53.6 Å². The lowest BCUT2D eigenvalue weighted by atomic mass is 9.78. The van der Waals surface area contributed by atoms with Crippen LogP contribution in [0.3, 0.4) is 0 Å². The van der Waals surface area contributed by atoms with Gasteiger partial charge in [-0.1, -0.05) is 72.3 Å². The van der Waals surface area contributed by atoms with E-state index < -0.39 is 0 Å². The molecule has 0 aromatic heterocycles. The zero-order chi connectivity index (χ0) is 28.1. The fourth-order valence-corrected chi connectivity index (χ4v) is 6.00. The lowest BCUT2D eigenvalue weighted by Gasteiger charge is -2.47. The predicted molar refractivity (Wildman–Crippen MR) is 163 cm³/mol. The van der Waals surface area contributed by atoms with E-state index in [1.807, 2.05) is 42.3 Å².